The summed E-state index contributed by atoms with van der Waals surface area (Å²) in [7, 11) is 0. The second-order valence-corrected chi connectivity index (χ2v) is 5.43. The molecule has 1 fully saturated rings. The van der Waals surface area contributed by atoms with E-state index in [1.54, 1.807) is 6.07 Å². The lowest BCUT2D eigenvalue weighted by Crippen LogP contribution is -2.37. The van der Waals surface area contributed by atoms with Gasteiger partial charge in [-0.1, -0.05) is 18.2 Å². The van der Waals surface area contributed by atoms with E-state index in [9.17, 15) is 23.1 Å². The molecule has 4 nitrogen and oxygen atoms in total. The van der Waals surface area contributed by atoms with E-state index in [0.717, 1.165) is 0 Å². The molecule has 1 aliphatic carbocycles. The number of aliphatic hydroxyl groups is 1. The molecule has 2 N–H and O–H groups in total. The monoisotopic (exact) mass is 329 g/mol. The number of alkyl halides is 3. The second kappa shape index (κ2) is 7.50. The molecule has 0 aliphatic heterocycles. The standard InChI is InChI=1S/C16H18F3NO3/c17-16(18,19)23-14-4-2-1-3-11(14)5-10-15(22)20-12-6-8-13(21)9-7-12/h1-5,10,12-13,21H,6-9H2,(H,20,22). The van der Waals surface area contributed by atoms with Gasteiger partial charge in [-0.3, -0.25) is 4.79 Å². The van der Waals surface area contributed by atoms with Crippen LogP contribution in [0, 0.1) is 0 Å². The first-order valence-electron chi connectivity index (χ1n) is 7.35. The molecule has 1 aliphatic rings. The van der Waals surface area contributed by atoms with Crippen molar-refractivity contribution in [3.63, 3.8) is 0 Å². The van der Waals surface area contributed by atoms with Crippen molar-refractivity contribution in [3.8, 4) is 5.75 Å². The number of rotatable bonds is 4. The predicted octanol–water partition coefficient (Wildman–Crippen LogP) is 3.02. The molecule has 1 aromatic rings. The average molecular weight is 329 g/mol. The van der Waals surface area contributed by atoms with Gasteiger partial charge >= 0.3 is 6.36 Å². The lowest BCUT2D eigenvalue weighted by Gasteiger charge is -2.25. The van der Waals surface area contributed by atoms with Crippen LogP contribution in [0.15, 0.2) is 30.3 Å². The van der Waals surface area contributed by atoms with Gasteiger partial charge < -0.3 is 15.2 Å². The van der Waals surface area contributed by atoms with E-state index in [1.165, 1.54) is 30.4 Å². The van der Waals surface area contributed by atoms with Crippen LogP contribution in [-0.4, -0.2) is 29.5 Å². The number of nitrogens with one attached hydrogen (secondary N) is 1. The Balaban J connectivity index is 1.95. The lowest BCUT2D eigenvalue weighted by molar-refractivity contribution is -0.274. The number of hydrogen-bond acceptors (Lipinski definition) is 3. The Morgan fingerprint density at radius 2 is 1.87 bits per heavy atom. The maximum Gasteiger partial charge on any atom is 0.573 e. The van der Waals surface area contributed by atoms with Crippen molar-refractivity contribution in [2.45, 2.75) is 44.2 Å². The smallest absolute Gasteiger partial charge is 0.405 e. The summed E-state index contributed by atoms with van der Waals surface area (Å²) in [5, 5.41) is 12.2. The summed E-state index contributed by atoms with van der Waals surface area (Å²) in [5.74, 6) is -0.738. The molecule has 1 amide bonds. The first-order valence-corrected chi connectivity index (χ1v) is 7.35. The SMILES string of the molecule is O=C(C=Cc1ccccc1OC(F)(F)F)NC1CCC(O)CC1. The Hall–Kier alpha value is -2.02. The molecule has 0 saturated heterocycles. The van der Waals surface area contributed by atoms with Crippen molar-refractivity contribution in [2.24, 2.45) is 0 Å². The highest BCUT2D eigenvalue weighted by molar-refractivity contribution is 5.92. The normalized spacial score (nSPS) is 22.1. The minimum atomic E-state index is -4.78. The molecule has 1 saturated carbocycles. The molecule has 0 unspecified atom stereocenters. The van der Waals surface area contributed by atoms with E-state index in [0.29, 0.717) is 25.7 Å². The van der Waals surface area contributed by atoms with Gasteiger partial charge in [-0.05, 0) is 37.8 Å². The Bertz CT molecular complexity index is 564. The fraction of sp³-hybridized carbons (Fsp3) is 0.438. The van der Waals surface area contributed by atoms with Gasteiger partial charge in [0.2, 0.25) is 5.91 Å². The quantitative estimate of drug-likeness (QED) is 0.835. The number of carbonyl (C=O) groups is 1. The van der Waals surface area contributed by atoms with Crippen molar-refractivity contribution in [1.29, 1.82) is 0 Å². The summed E-state index contributed by atoms with van der Waals surface area (Å²) >= 11 is 0. The van der Waals surface area contributed by atoms with Gasteiger partial charge in [0, 0.05) is 17.7 Å². The van der Waals surface area contributed by atoms with Gasteiger partial charge in [0.25, 0.3) is 0 Å². The first kappa shape index (κ1) is 17.3. The van der Waals surface area contributed by atoms with Crippen molar-refractivity contribution in [2.75, 3.05) is 0 Å². The van der Waals surface area contributed by atoms with Gasteiger partial charge in [0.1, 0.15) is 5.75 Å². The van der Waals surface area contributed by atoms with Crippen LogP contribution >= 0.6 is 0 Å². The number of ether oxygens (including phenoxy) is 1. The van der Waals surface area contributed by atoms with Crippen LogP contribution in [0.3, 0.4) is 0 Å². The molecule has 1 aromatic carbocycles. The third-order valence-electron chi connectivity index (χ3n) is 3.60. The van der Waals surface area contributed by atoms with Crippen molar-refractivity contribution < 1.29 is 27.8 Å². The van der Waals surface area contributed by atoms with Crippen LogP contribution in [0.5, 0.6) is 5.75 Å². The lowest BCUT2D eigenvalue weighted by atomic mass is 9.93. The number of para-hydroxylation sites is 1. The molecule has 0 bridgehead atoms. The maximum absolute atomic E-state index is 12.3. The van der Waals surface area contributed by atoms with Crippen LogP contribution in [0.1, 0.15) is 31.2 Å². The van der Waals surface area contributed by atoms with Gasteiger partial charge in [-0.15, -0.1) is 13.2 Å². The second-order valence-electron chi connectivity index (χ2n) is 5.43. The Kier molecular flexibility index (Phi) is 5.65. The Morgan fingerprint density at radius 3 is 2.52 bits per heavy atom. The number of benzene rings is 1. The molecule has 0 radical (unpaired) electrons. The summed E-state index contributed by atoms with van der Waals surface area (Å²) in [6.07, 6.45) is 0.0223. The van der Waals surface area contributed by atoms with Crippen LogP contribution in [-0.2, 0) is 4.79 Å². The minimum absolute atomic E-state index is 0.0165. The fourth-order valence-electron chi connectivity index (χ4n) is 2.47. The fourth-order valence-corrected chi connectivity index (χ4v) is 2.47. The molecular weight excluding hydrogens is 311 g/mol. The molecule has 7 heteroatoms. The molecule has 0 heterocycles. The van der Waals surface area contributed by atoms with Crippen LogP contribution < -0.4 is 10.1 Å². The third-order valence-corrected chi connectivity index (χ3v) is 3.60. The number of halogens is 3. The van der Waals surface area contributed by atoms with E-state index >= 15 is 0 Å². The highest BCUT2D eigenvalue weighted by Gasteiger charge is 2.31. The minimum Gasteiger partial charge on any atom is -0.405 e. The van der Waals surface area contributed by atoms with Crippen LogP contribution in [0.2, 0.25) is 0 Å². The van der Waals surface area contributed by atoms with E-state index in [-0.39, 0.29) is 29.4 Å². The number of hydrogen-bond donors (Lipinski definition) is 2. The molecule has 0 spiro atoms. The average Bonchev–Trinajstić information content (AvgIpc) is 2.47. The van der Waals surface area contributed by atoms with E-state index < -0.39 is 6.36 Å². The van der Waals surface area contributed by atoms with Gasteiger partial charge in [-0.2, -0.15) is 0 Å². The summed E-state index contributed by atoms with van der Waals surface area (Å²) in [6.45, 7) is 0. The van der Waals surface area contributed by atoms with Crippen molar-refractivity contribution >= 4 is 12.0 Å². The van der Waals surface area contributed by atoms with E-state index in [2.05, 4.69) is 10.1 Å². The third kappa shape index (κ3) is 5.94. The highest BCUT2D eigenvalue weighted by Crippen LogP contribution is 2.27. The van der Waals surface area contributed by atoms with E-state index in [4.69, 9.17) is 0 Å². The van der Waals surface area contributed by atoms with Crippen molar-refractivity contribution in [1.82, 2.24) is 5.32 Å². The number of amides is 1. The summed E-state index contributed by atoms with van der Waals surface area (Å²) < 4.78 is 40.9. The van der Waals surface area contributed by atoms with Gasteiger partial charge in [-0.25, -0.2) is 0 Å². The largest absolute Gasteiger partial charge is 0.573 e. The zero-order chi connectivity index (χ0) is 16.9. The summed E-state index contributed by atoms with van der Waals surface area (Å²) in [5.41, 5.74) is 0.166. The van der Waals surface area contributed by atoms with Gasteiger partial charge in [0.15, 0.2) is 0 Å². The number of aliphatic hydroxyl groups excluding tert-OH is 1. The molecule has 23 heavy (non-hydrogen) atoms. The topological polar surface area (TPSA) is 58.6 Å². The Labute approximate surface area is 132 Å². The molecule has 0 atom stereocenters. The van der Waals surface area contributed by atoms with Crippen molar-refractivity contribution in [3.05, 3.63) is 35.9 Å². The summed E-state index contributed by atoms with van der Waals surface area (Å²) in [6, 6.07) is 5.59. The summed E-state index contributed by atoms with van der Waals surface area (Å²) in [4.78, 5) is 11.8. The van der Waals surface area contributed by atoms with E-state index in [1.807, 2.05) is 0 Å². The molecule has 0 aromatic heterocycles. The van der Waals surface area contributed by atoms with Crippen LogP contribution in [0.25, 0.3) is 6.08 Å². The zero-order valence-corrected chi connectivity index (χ0v) is 12.3. The number of carbonyl (C=O) groups excluding carboxylic acids is 1. The highest BCUT2D eigenvalue weighted by atomic mass is 19.4. The predicted molar refractivity (Wildman–Crippen MR) is 78.6 cm³/mol. The maximum atomic E-state index is 12.3. The zero-order valence-electron chi connectivity index (χ0n) is 12.3. The first-order chi connectivity index (χ1) is 10.8. The van der Waals surface area contributed by atoms with Gasteiger partial charge in [0.05, 0.1) is 6.10 Å². The Morgan fingerprint density at radius 1 is 1.22 bits per heavy atom. The molecular formula is C16H18F3NO3. The molecule has 126 valence electrons. The van der Waals surface area contributed by atoms with Crippen LogP contribution in [0.4, 0.5) is 13.2 Å². The molecule has 2 rings (SSSR count).